The van der Waals surface area contributed by atoms with Gasteiger partial charge in [0.15, 0.2) is 0 Å². The molecule has 2 bridgehead atoms. The van der Waals surface area contributed by atoms with Crippen LogP contribution in [0, 0.1) is 11.3 Å². The lowest BCUT2D eigenvalue weighted by atomic mass is 9.86. The van der Waals surface area contributed by atoms with Crippen molar-refractivity contribution in [3.8, 4) is 6.07 Å². The Labute approximate surface area is 105 Å². The van der Waals surface area contributed by atoms with Gasteiger partial charge in [0.05, 0.1) is 5.60 Å². The molecular weight excluding hydrogens is 232 g/mol. The van der Waals surface area contributed by atoms with Gasteiger partial charge in [-0.25, -0.2) is 4.98 Å². The highest BCUT2D eigenvalue weighted by Gasteiger charge is 2.44. The molecule has 2 fully saturated rings. The zero-order valence-electron chi connectivity index (χ0n) is 9.47. The number of rotatable bonds is 1. The number of fused-ring (bicyclic) bond motifs is 2. The van der Waals surface area contributed by atoms with Gasteiger partial charge in [-0.1, -0.05) is 0 Å². The Morgan fingerprint density at radius 3 is 2.76 bits per heavy atom. The highest BCUT2D eigenvalue weighted by Crippen LogP contribution is 2.51. The maximum atomic E-state index is 10.8. The van der Waals surface area contributed by atoms with E-state index in [2.05, 4.69) is 4.98 Å². The number of hydrogen-bond donors (Lipinski definition) is 1. The van der Waals surface area contributed by atoms with Crippen LogP contribution in [0.1, 0.15) is 36.9 Å². The minimum Gasteiger partial charge on any atom is -0.385 e. The molecule has 0 radical (unpaired) electrons. The van der Waals surface area contributed by atoms with Crippen molar-refractivity contribution >= 4 is 11.8 Å². The zero-order valence-corrected chi connectivity index (χ0v) is 10.3. The molecule has 3 rings (SSSR count). The average Bonchev–Trinajstić information content (AvgIpc) is 2.69. The van der Waals surface area contributed by atoms with Gasteiger partial charge in [0.1, 0.15) is 11.8 Å². The molecule has 3 heterocycles. The molecule has 1 aromatic rings. The van der Waals surface area contributed by atoms with Gasteiger partial charge in [0, 0.05) is 16.7 Å². The molecule has 3 nitrogen and oxygen atoms in total. The van der Waals surface area contributed by atoms with Gasteiger partial charge >= 0.3 is 0 Å². The first-order valence-electron chi connectivity index (χ1n) is 5.94. The minimum atomic E-state index is -0.744. The average molecular weight is 246 g/mol. The number of pyridine rings is 1. The van der Waals surface area contributed by atoms with Crippen LogP contribution >= 0.6 is 11.8 Å². The third-order valence-electron chi connectivity index (χ3n) is 3.74. The monoisotopic (exact) mass is 246 g/mol. The zero-order chi connectivity index (χ0) is 11.9. The minimum absolute atomic E-state index is 0.390. The van der Waals surface area contributed by atoms with Gasteiger partial charge in [0.2, 0.25) is 0 Å². The first kappa shape index (κ1) is 11.1. The molecule has 0 amide bonds. The number of aromatic nitrogens is 1. The highest BCUT2D eigenvalue weighted by molar-refractivity contribution is 8.00. The summed E-state index contributed by atoms with van der Waals surface area (Å²) < 4.78 is 0. The van der Waals surface area contributed by atoms with Gasteiger partial charge in [0.25, 0.3) is 0 Å². The van der Waals surface area contributed by atoms with Crippen molar-refractivity contribution in [1.29, 1.82) is 5.26 Å². The summed E-state index contributed by atoms with van der Waals surface area (Å²) >= 11 is 2.02. The van der Waals surface area contributed by atoms with Gasteiger partial charge < -0.3 is 5.11 Å². The van der Waals surface area contributed by atoms with E-state index >= 15 is 0 Å². The molecule has 1 N–H and O–H groups in total. The van der Waals surface area contributed by atoms with Crippen LogP contribution in [0.5, 0.6) is 0 Å². The van der Waals surface area contributed by atoms with Crippen LogP contribution in [0.15, 0.2) is 18.3 Å². The summed E-state index contributed by atoms with van der Waals surface area (Å²) in [6.45, 7) is 0. The topological polar surface area (TPSA) is 56.9 Å². The van der Waals surface area contributed by atoms with E-state index in [0.717, 1.165) is 18.4 Å². The Balaban J connectivity index is 1.94. The quantitative estimate of drug-likeness (QED) is 0.825. The standard InChI is InChI=1S/C13H14N2OS/c14-8-10-5-9(3-4-15-10)13(16)6-11-1-2-12(7-13)17-11/h3-5,11-12,16H,1-2,6-7H2. The third-order valence-corrected chi connectivity index (χ3v) is 5.31. The largest absolute Gasteiger partial charge is 0.385 e. The SMILES string of the molecule is N#Cc1cc(C2(O)CC3CCC(C2)S3)ccn1. The fourth-order valence-electron chi connectivity index (χ4n) is 2.93. The van der Waals surface area contributed by atoms with E-state index in [4.69, 9.17) is 5.26 Å². The van der Waals surface area contributed by atoms with Crippen molar-refractivity contribution in [3.05, 3.63) is 29.6 Å². The third kappa shape index (κ3) is 1.94. The van der Waals surface area contributed by atoms with Crippen LogP contribution in [-0.2, 0) is 5.60 Å². The fourth-order valence-corrected chi connectivity index (χ4v) is 4.77. The Morgan fingerprint density at radius 2 is 2.12 bits per heavy atom. The van der Waals surface area contributed by atoms with Crippen molar-refractivity contribution < 1.29 is 5.11 Å². The van der Waals surface area contributed by atoms with Gasteiger partial charge in [-0.05, 0) is 43.4 Å². The van der Waals surface area contributed by atoms with E-state index in [0.29, 0.717) is 16.2 Å². The predicted molar refractivity (Wildman–Crippen MR) is 66.5 cm³/mol. The van der Waals surface area contributed by atoms with Crippen LogP contribution in [0.4, 0.5) is 0 Å². The summed E-state index contributed by atoms with van der Waals surface area (Å²) in [5.41, 5.74) is 0.508. The second-order valence-corrected chi connectivity index (χ2v) is 6.54. The summed E-state index contributed by atoms with van der Waals surface area (Å²) in [5, 5.41) is 20.8. The lowest BCUT2D eigenvalue weighted by molar-refractivity contribution is 0.0195. The summed E-state index contributed by atoms with van der Waals surface area (Å²) in [7, 11) is 0. The normalized spacial score (nSPS) is 35.5. The molecule has 0 spiro atoms. The molecule has 88 valence electrons. The molecule has 2 aliphatic heterocycles. The van der Waals surface area contributed by atoms with Crippen molar-refractivity contribution in [2.75, 3.05) is 0 Å². The first-order chi connectivity index (χ1) is 8.19. The van der Waals surface area contributed by atoms with Crippen LogP contribution < -0.4 is 0 Å². The molecule has 0 aliphatic carbocycles. The van der Waals surface area contributed by atoms with Crippen molar-refractivity contribution in [1.82, 2.24) is 4.98 Å². The van der Waals surface area contributed by atoms with E-state index in [1.807, 2.05) is 23.9 Å². The summed E-state index contributed by atoms with van der Waals surface area (Å²) in [6, 6.07) is 5.61. The van der Waals surface area contributed by atoms with Gasteiger partial charge in [-0.2, -0.15) is 17.0 Å². The molecule has 2 aliphatic rings. The lowest BCUT2D eigenvalue weighted by Gasteiger charge is -2.36. The van der Waals surface area contributed by atoms with Crippen LogP contribution in [0.2, 0.25) is 0 Å². The maximum Gasteiger partial charge on any atom is 0.140 e. The summed E-state index contributed by atoms with van der Waals surface area (Å²) in [4.78, 5) is 3.96. The summed E-state index contributed by atoms with van der Waals surface area (Å²) in [5.74, 6) is 0. The van der Waals surface area contributed by atoms with E-state index in [1.165, 1.54) is 12.8 Å². The Kier molecular flexibility index (Phi) is 2.61. The fraction of sp³-hybridized carbons (Fsp3) is 0.538. The summed E-state index contributed by atoms with van der Waals surface area (Å²) in [6.07, 6.45) is 5.67. The molecule has 2 saturated heterocycles. The van der Waals surface area contributed by atoms with Crippen molar-refractivity contribution in [2.45, 2.75) is 41.8 Å². The molecule has 4 heteroatoms. The predicted octanol–water partition coefficient (Wildman–Crippen LogP) is 2.20. The second-order valence-electron chi connectivity index (χ2n) is 4.94. The second kappa shape index (κ2) is 4.01. The Morgan fingerprint density at radius 1 is 1.41 bits per heavy atom. The van der Waals surface area contributed by atoms with Crippen LogP contribution in [-0.4, -0.2) is 20.6 Å². The maximum absolute atomic E-state index is 10.8. The molecule has 2 unspecified atom stereocenters. The number of hydrogen-bond acceptors (Lipinski definition) is 4. The van der Waals surface area contributed by atoms with E-state index < -0.39 is 5.60 Å². The Bertz CT molecular complexity index is 471. The molecule has 17 heavy (non-hydrogen) atoms. The molecule has 0 saturated carbocycles. The van der Waals surface area contributed by atoms with Gasteiger partial charge in [-0.3, -0.25) is 0 Å². The van der Waals surface area contributed by atoms with Gasteiger partial charge in [-0.15, -0.1) is 0 Å². The van der Waals surface area contributed by atoms with Crippen LogP contribution in [0.25, 0.3) is 0 Å². The first-order valence-corrected chi connectivity index (χ1v) is 6.88. The van der Waals surface area contributed by atoms with E-state index in [-0.39, 0.29) is 0 Å². The smallest absolute Gasteiger partial charge is 0.140 e. The van der Waals surface area contributed by atoms with Crippen molar-refractivity contribution in [3.63, 3.8) is 0 Å². The lowest BCUT2D eigenvalue weighted by Crippen LogP contribution is -2.34. The number of nitrogens with zero attached hydrogens (tertiary/aromatic N) is 2. The number of aliphatic hydroxyl groups is 1. The van der Waals surface area contributed by atoms with Crippen molar-refractivity contribution in [2.24, 2.45) is 0 Å². The highest BCUT2D eigenvalue weighted by atomic mass is 32.2. The van der Waals surface area contributed by atoms with Crippen LogP contribution in [0.3, 0.4) is 0 Å². The molecule has 1 aromatic heterocycles. The molecular formula is C13H14N2OS. The number of nitriles is 1. The molecule has 0 aromatic carbocycles. The van der Waals surface area contributed by atoms with E-state index in [9.17, 15) is 5.11 Å². The van der Waals surface area contributed by atoms with E-state index in [1.54, 1.807) is 12.3 Å². The number of thioether (sulfide) groups is 1. The molecule has 2 atom stereocenters. The Hall–Kier alpha value is -1.05.